The molecule has 0 heterocycles. The Bertz CT molecular complexity index is 409. The Hall–Kier alpha value is -0.613. The van der Waals surface area contributed by atoms with Gasteiger partial charge in [0.1, 0.15) is 0 Å². The van der Waals surface area contributed by atoms with Crippen LogP contribution in [0, 0.1) is 5.41 Å². The lowest BCUT2D eigenvalue weighted by atomic mass is 9.82. The fraction of sp³-hybridized carbons (Fsp3) is 0.824. The maximum Gasteiger partial charge on any atom is 0.306 e. The summed E-state index contributed by atoms with van der Waals surface area (Å²) in [4.78, 5) is 11.8. The normalized spacial score (nSPS) is 27.0. The van der Waals surface area contributed by atoms with E-state index in [0.29, 0.717) is 13.0 Å². The van der Waals surface area contributed by atoms with E-state index in [1.165, 1.54) is 0 Å². The van der Waals surface area contributed by atoms with Crippen molar-refractivity contribution in [1.29, 1.82) is 0 Å². The van der Waals surface area contributed by atoms with Gasteiger partial charge in [-0.2, -0.15) is 0 Å². The van der Waals surface area contributed by atoms with Crippen molar-refractivity contribution in [2.24, 2.45) is 5.41 Å². The van der Waals surface area contributed by atoms with Gasteiger partial charge in [0.25, 0.3) is 0 Å². The molecule has 1 aliphatic carbocycles. The summed E-state index contributed by atoms with van der Waals surface area (Å²) < 4.78 is 11.6. The zero-order valence-electron chi connectivity index (χ0n) is 14.8. The maximum absolute atomic E-state index is 11.8. The van der Waals surface area contributed by atoms with Gasteiger partial charge in [0.15, 0.2) is 8.32 Å². The standard InChI is InChI=1S/C17H32O3Si/c1-9-19-15(18)12-17(6)11-14(10-13(17)2)20-21(7,8)16(3,4)5/h14H,2,9-12H2,1,3-8H3/t14-,17+/m0/s1. The maximum atomic E-state index is 11.8. The average molecular weight is 313 g/mol. The quantitative estimate of drug-likeness (QED) is 0.420. The highest BCUT2D eigenvalue weighted by Gasteiger charge is 2.45. The van der Waals surface area contributed by atoms with E-state index in [-0.39, 0.29) is 22.5 Å². The van der Waals surface area contributed by atoms with Gasteiger partial charge < -0.3 is 9.16 Å². The Morgan fingerprint density at radius 2 is 2.00 bits per heavy atom. The molecule has 0 unspecified atom stereocenters. The van der Waals surface area contributed by atoms with Crippen molar-refractivity contribution in [2.75, 3.05) is 6.61 Å². The molecule has 0 aliphatic heterocycles. The first-order valence-electron chi connectivity index (χ1n) is 7.93. The third kappa shape index (κ3) is 4.43. The van der Waals surface area contributed by atoms with Crippen LogP contribution in [0.2, 0.25) is 18.1 Å². The molecule has 0 spiro atoms. The summed E-state index contributed by atoms with van der Waals surface area (Å²) in [5.41, 5.74) is 0.943. The molecule has 0 radical (unpaired) electrons. The fourth-order valence-electron chi connectivity index (χ4n) is 2.64. The molecule has 0 aromatic carbocycles. The van der Waals surface area contributed by atoms with Crippen LogP contribution >= 0.6 is 0 Å². The Balaban J connectivity index is 2.72. The van der Waals surface area contributed by atoms with Crippen molar-refractivity contribution in [2.45, 2.75) is 78.1 Å². The highest BCUT2D eigenvalue weighted by molar-refractivity contribution is 6.74. The van der Waals surface area contributed by atoms with Crippen LogP contribution in [0.5, 0.6) is 0 Å². The molecule has 1 rings (SSSR count). The van der Waals surface area contributed by atoms with Crippen LogP contribution in [-0.4, -0.2) is 27.0 Å². The van der Waals surface area contributed by atoms with Crippen LogP contribution in [-0.2, 0) is 14.0 Å². The van der Waals surface area contributed by atoms with E-state index in [1.54, 1.807) is 0 Å². The molecule has 1 fully saturated rings. The van der Waals surface area contributed by atoms with E-state index < -0.39 is 8.32 Å². The Labute approximate surface area is 131 Å². The van der Waals surface area contributed by atoms with Crippen LogP contribution in [0.4, 0.5) is 0 Å². The number of carbonyl (C=O) groups is 1. The zero-order chi connectivity index (χ0) is 16.5. The summed E-state index contributed by atoms with van der Waals surface area (Å²) in [5.74, 6) is -0.130. The van der Waals surface area contributed by atoms with Crippen molar-refractivity contribution in [3.63, 3.8) is 0 Å². The molecule has 1 saturated carbocycles. The van der Waals surface area contributed by atoms with Crippen LogP contribution in [0.1, 0.15) is 53.9 Å². The van der Waals surface area contributed by atoms with E-state index in [4.69, 9.17) is 9.16 Å². The van der Waals surface area contributed by atoms with Gasteiger partial charge in [0.05, 0.1) is 13.0 Å². The van der Waals surface area contributed by atoms with Crippen molar-refractivity contribution < 1.29 is 14.0 Å². The first-order chi connectivity index (χ1) is 9.41. The minimum atomic E-state index is -1.77. The minimum absolute atomic E-state index is 0.130. The molecule has 0 N–H and O–H groups in total. The lowest BCUT2D eigenvalue weighted by Crippen LogP contribution is -2.43. The van der Waals surface area contributed by atoms with Crippen molar-refractivity contribution >= 4 is 14.3 Å². The molecule has 4 heteroatoms. The number of hydrogen-bond acceptors (Lipinski definition) is 3. The molecule has 1 aliphatic rings. The summed E-state index contributed by atoms with van der Waals surface area (Å²) in [7, 11) is -1.77. The smallest absolute Gasteiger partial charge is 0.306 e. The van der Waals surface area contributed by atoms with Crippen LogP contribution in [0.25, 0.3) is 0 Å². The predicted molar refractivity (Wildman–Crippen MR) is 89.8 cm³/mol. The summed E-state index contributed by atoms with van der Waals surface area (Å²) in [6.07, 6.45) is 2.34. The molecular weight excluding hydrogens is 280 g/mol. The minimum Gasteiger partial charge on any atom is -0.466 e. The molecule has 122 valence electrons. The van der Waals surface area contributed by atoms with Gasteiger partial charge in [-0.15, -0.1) is 0 Å². The number of ether oxygens (including phenoxy) is 1. The molecule has 21 heavy (non-hydrogen) atoms. The second-order valence-corrected chi connectivity index (χ2v) is 12.8. The van der Waals surface area contributed by atoms with Gasteiger partial charge in [-0.05, 0) is 37.9 Å². The first kappa shape index (κ1) is 18.4. The fourth-order valence-corrected chi connectivity index (χ4v) is 4.00. The molecule has 0 aromatic rings. The highest BCUT2D eigenvalue weighted by Crippen LogP contribution is 2.48. The highest BCUT2D eigenvalue weighted by atomic mass is 28.4. The van der Waals surface area contributed by atoms with Gasteiger partial charge in [-0.3, -0.25) is 4.79 Å². The van der Waals surface area contributed by atoms with Gasteiger partial charge >= 0.3 is 5.97 Å². The van der Waals surface area contributed by atoms with Crippen LogP contribution in [0.15, 0.2) is 12.2 Å². The average Bonchev–Trinajstić information content (AvgIpc) is 2.51. The van der Waals surface area contributed by atoms with E-state index in [1.807, 2.05) is 6.92 Å². The molecule has 0 bridgehead atoms. The SMILES string of the molecule is C=C1C[C@H](O[Si](C)(C)C(C)(C)C)C[C@]1(C)CC(=O)OCC. The summed E-state index contributed by atoms with van der Waals surface area (Å²) in [5, 5.41) is 0.203. The van der Waals surface area contributed by atoms with Gasteiger partial charge in [0, 0.05) is 11.5 Å². The third-order valence-corrected chi connectivity index (χ3v) is 9.65. The number of hydrogen-bond donors (Lipinski definition) is 0. The summed E-state index contributed by atoms with van der Waals surface area (Å²) >= 11 is 0. The number of rotatable bonds is 5. The summed E-state index contributed by atoms with van der Waals surface area (Å²) in [6.45, 7) is 19.9. The first-order valence-corrected chi connectivity index (χ1v) is 10.8. The van der Waals surface area contributed by atoms with Crippen LogP contribution < -0.4 is 0 Å². The van der Waals surface area contributed by atoms with Gasteiger partial charge in [0.2, 0.25) is 0 Å². The molecule has 0 aromatic heterocycles. The molecular formula is C17H32O3Si. The second kappa shape index (κ2) is 6.25. The molecule has 2 atom stereocenters. The van der Waals surface area contributed by atoms with Crippen molar-refractivity contribution in [3.8, 4) is 0 Å². The lowest BCUT2D eigenvalue weighted by molar-refractivity contribution is -0.145. The topological polar surface area (TPSA) is 35.5 Å². The Morgan fingerprint density at radius 1 is 1.43 bits per heavy atom. The van der Waals surface area contributed by atoms with E-state index in [2.05, 4.69) is 47.4 Å². The molecule has 3 nitrogen and oxygen atoms in total. The van der Waals surface area contributed by atoms with E-state index >= 15 is 0 Å². The zero-order valence-corrected chi connectivity index (χ0v) is 15.8. The predicted octanol–water partition coefficient (Wildman–Crippen LogP) is 4.69. The van der Waals surface area contributed by atoms with E-state index in [9.17, 15) is 4.79 Å². The lowest BCUT2D eigenvalue weighted by Gasteiger charge is -2.38. The van der Waals surface area contributed by atoms with Gasteiger partial charge in [-0.25, -0.2) is 0 Å². The van der Waals surface area contributed by atoms with Crippen molar-refractivity contribution in [3.05, 3.63) is 12.2 Å². The number of esters is 1. The number of carbonyl (C=O) groups excluding carboxylic acids is 1. The van der Waals surface area contributed by atoms with Crippen molar-refractivity contribution in [1.82, 2.24) is 0 Å². The largest absolute Gasteiger partial charge is 0.466 e. The van der Waals surface area contributed by atoms with Crippen LogP contribution in [0.3, 0.4) is 0 Å². The second-order valence-electron chi connectivity index (χ2n) is 8.05. The Morgan fingerprint density at radius 3 is 2.48 bits per heavy atom. The van der Waals surface area contributed by atoms with E-state index in [0.717, 1.165) is 18.4 Å². The third-order valence-electron chi connectivity index (χ3n) is 5.11. The molecule has 0 saturated heterocycles. The Kier molecular flexibility index (Phi) is 5.49. The summed E-state index contributed by atoms with van der Waals surface area (Å²) in [6, 6.07) is 0. The molecule has 0 amide bonds. The monoisotopic (exact) mass is 312 g/mol. The van der Waals surface area contributed by atoms with Gasteiger partial charge in [-0.1, -0.05) is 39.8 Å².